The van der Waals surface area contributed by atoms with Crippen molar-refractivity contribution in [3.8, 4) is 0 Å². The molecule has 13 heavy (non-hydrogen) atoms. The number of hydrogen-bond donors (Lipinski definition) is 0. The molecule has 0 aromatic rings. The van der Waals surface area contributed by atoms with Gasteiger partial charge >= 0.3 is 0 Å². The fraction of sp³-hybridized carbons (Fsp3) is 0.909. The van der Waals surface area contributed by atoms with Crippen LogP contribution in [0.5, 0.6) is 0 Å². The largest absolute Gasteiger partial charge is 0.300 e. The summed E-state index contributed by atoms with van der Waals surface area (Å²) in [4.78, 5) is 13.6. The highest BCUT2D eigenvalue weighted by Crippen LogP contribution is 2.19. The molecule has 0 aliphatic rings. The van der Waals surface area contributed by atoms with E-state index < -0.39 is 0 Å². The number of nitrogens with zero attached hydrogens (tertiary/aromatic N) is 1. The van der Waals surface area contributed by atoms with Gasteiger partial charge < -0.3 is 4.90 Å². The van der Waals surface area contributed by atoms with Crippen molar-refractivity contribution in [3.05, 3.63) is 0 Å². The van der Waals surface area contributed by atoms with E-state index in [1.165, 1.54) is 0 Å². The molecule has 0 aliphatic carbocycles. The average molecular weight is 185 g/mol. The van der Waals surface area contributed by atoms with Crippen molar-refractivity contribution in [2.45, 2.75) is 47.6 Å². The SMILES string of the molecule is CCN(CC(C)(C)C(C)=O)C(C)C. The Kier molecular flexibility index (Phi) is 4.62. The van der Waals surface area contributed by atoms with Gasteiger partial charge in [0.1, 0.15) is 5.78 Å². The summed E-state index contributed by atoms with van der Waals surface area (Å²) in [5.41, 5.74) is -0.208. The van der Waals surface area contributed by atoms with Crippen LogP contribution in [0.15, 0.2) is 0 Å². The maximum Gasteiger partial charge on any atom is 0.136 e. The van der Waals surface area contributed by atoms with E-state index in [4.69, 9.17) is 0 Å². The Morgan fingerprint density at radius 3 is 2.08 bits per heavy atom. The topological polar surface area (TPSA) is 20.3 Å². The van der Waals surface area contributed by atoms with Gasteiger partial charge in [-0.3, -0.25) is 4.79 Å². The van der Waals surface area contributed by atoms with E-state index in [0.717, 1.165) is 13.1 Å². The molecule has 0 aliphatic heterocycles. The molecule has 0 radical (unpaired) electrons. The normalized spacial score (nSPS) is 12.6. The van der Waals surface area contributed by atoms with Crippen molar-refractivity contribution in [1.29, 1.82) is 0 Å². The first-order valence-electron chi connectivity index (χ1n) is 5.06. The van der Waals surface area contributed by atoms with Crippen LogP contribution in [0.1, 0.15) is 41.5 Å². The molecule has 0 spiro atoms. The molecule has 0 rings (SSSR count). The van der Waals surface area contributed by atoms with Gasteiger partial charge in [0.2, 0.25) is 0 Å². The second-order valence-electron chi connectivity index (χ2n) is 4.60. The summed E-state index contributed by atoms with van der Waals surface area (Å²) in [6.07, 6.45) is 0. The second kappa shape index (κ2) is 4.75. The van der Waals surface area contributed by atoms with Crippen LogP contribution in [0.3, 0.4) is 0 Å². The molecule has 0 saturated carbocycles. The molecule has 2 nitrogen and oxygen atoms in total. The van der Waals surface area contributed by atoms with Gasteiger partial charge in [-0.05, 0) is 27.3 Å². The Balaban J connectivity index is 4.30. The van der Waals surface area contributed by atoms with Gasteiger partial charge in [0.25, 0.3) is 0 Å². The molecule has 0 atom stereocenters. The number of carbonyl (C=O) groups is 1. The van der Waals surface area contributed by atoms with E-state index in [0.29, 0.717) is 6.04 Å². The number of carbonyl (C=O) groups excluding carboxylic acids is 1. The maximum absolute atomic E-state index is 11.3. The van der Waals surface area contributed by atoms with Crippen LogP contribution in [0, 0.1) is 5.41 Å². The number of ketones is 1. The Bertz CT molecular complexity index is 173. The van der Waals surface area contributed by atoms with Crippen molar-refractivity contribution in [3.63, 3.8) is 0 Å². The first kappa shape index (κ1) is 12.6. The predicted molar refractivity (Wildman–Crippen MR) is 56.8 cm³/mol. The molecule has 0 N–H and O–H groups in total. The highest BCUT2D eigenvalue weighted by Gasteiger charge is 2.26. The van der Waals surface area contributed by atoms with E-state index in [1.54, 1.807) is 6.92 Å². The van der Waals surface area contributed by atoms with Gasteiger partial charge in [0, 0.05) is 18.0 Å². The summed E-state index contributed by atoms with van der Waals surface area (Å²) in [7, 11) is 0. The molecule has 0 saturated heterocycles. The van der Waals surface area contributed by atoms with Crippen LogP contribution in [-0.2, 0) is 4.79 Å². The van der Waals surface area contributed by atoms with E-state index in [1.807, 2.05) is 13.8 Å². The third kappa shape index (κ3) is 3.90. The fourth-order valence-electron chi connectivity index (χ4n) is 1.28. The molecular formula is C11H23NO. The Labute approximate surface area is 82.3 Å². The first-order chi connectivity index (χ1) is 5.81. The molecule has 0 amide bonds. The molecular weight excluding hydrogens is 162 g/mol. The highest BCUT2D eigenvalue weighted by atomic mass is 16.1. The Morgan fingerprint density at radius 1 is 1.38 bits per heavy atom. The predicted octanol–water partition coefficient (Wildman–Crippen LogP) is 2.33. The lowest BCUT2D eigenvalue weighted by molar-refractivity contribution is -0.126. The molecule has 2 heteroatoms. The molecule has 0 aromatic heterocycles. The van der Waals surface area contributed by atoms with Gasteiger partial charge in [-0.2, -0.15) is 0 Å². The van der Waals surface area contributed by atoms with Crippen LogP contribution in [0.4, 0.5) is 0 Å². The van der Waals surface area contributed by atoms with Crippen LogP contribution in [-0.4, -0.2) is 29.8 Å². The fourth-order valence-corrected chi connectivity index (χ4v) is 1.28. The molecule has 0 unspecified atom stereocenters. The second-order valence-corrected chi connectivity index (χ2v) is 4.60. The van der Waals surface area contributed by atoms with Crippen LogP contribution in [0.2, 0.25) is 0 Å². The van der Waals surface area contributed by atoms with Crippen molar-refractivity contribution in [2.75, 3.05) is 13.1 Å². The molecule has 78 valence electrons. The van der Waals surface area contributed by atoms with Gasteiger partial charge in [0.15, 0.2) is 0 Å². The van der Waals surface area contributed by atoms with Crippen LogP contribution >= 0.6 is 0 Å². The van der Waals surface area contributed by atoms with Gasteiger partial charge in [-0.1, -0.05) is 20.8 Å². The number of Topliss-reactive ketones (excluding diaryl/α,β-unsaturated/α-hetero) is 1. The van der Waals surface area contributed by atoms with Crippen molar-refractivity contribution < 1.29 is 4.79 Å². The molecule has 0 aromatic carbocycles. The van der Waals surface area contributed by atoms with Crippen molar-refractivity contribution in [2.24, 2.45) is 5.41 Å². The Morgan fingerprint density at radius 2 is 1.85 bits per heavy atom. The third-order valence-corrected chi connectivity index (χ3v) is 2.69. The van der Waals surface area contributed by atoms with E-state index in [9.17, 15) is 4.79 Å². The van der Waals surface area contributed by atoms with E-state index in [-0.39, 0.29) is 11.2 Å². The number of hydrogen-bond acceptors (Lipinski definition) is 2. The Hall–Kier alpha value is -0.370. The lowest BCUT2D eigenvalue weighted by Crippen LogP contribution is -2.41. The van der Waals surface area contributed by atoms with Crippen LogP contribution in [0.25, 0.3) is 0 Å². The van der Waals surface area contributed by atoms with Gasteiger partial charge in [-0.25, -0.2) is 0 Å². The third-order valence-electron chi connectivity index (χ3n) is 2.69. The summed E-state index contributed by atoms with van der Waals surface area (Å²) in [6.45, 7) is 14.0. The molecule has 0 bridgehead atoms. The standard InChI is InChI=1S/C11H23NO/c1-7-12(9(2)3)8-11(5,6)10(4)13/h9H,7-8H2,1-6H3. The minimum Gasteiger partial charge on any atom is -0.300 e. The van der Waals surface area contributed by atoms with E-state index >= 15 is 0 Å². The summed E-state index contributed by atoms with van der Waals surface area (Å²) in [6, 6.07) is 0.517. The molecule has 0 fully saturated rings. The number of rotatable bonds is 5. The zero-order valence-electron chi connectivity index (χ0n) is 9.85. The maximum atomic E-state index is 11.3. The van der Waals surface area contributed by atoms with Crippen LogP contribution < -0.4 is 0 Å². The minimum atomic E-state index is -0.208. The van der Waals surface area contributed by atoms with Crippen molar-refractivity contribution >= 4 is 5.78 Å². The average Bonchev–Trinajstić information content (AvgIpc) is 1.99. The zero-order chi connectivity index (χ0) is 10.6. The quantitative estimate of drug-likeness (QED) is 0.655. The summed E-state index contributed by atoms with van der Waals surface area (Å²) >= 11 is 0. The summed E-state index contributed by atoms with van der Waals surface area (Å²) in [5, 5.41) is 0. The lowest BCUT2D eigenvalue weighted by Gasteiger charge is -2.32. The smallest absolute Gasteiger partial charge is 0.136 e. The summed E-state index contributed by atoms with van der Waals surface area (Å²) < 4.78 is 0. The molecule has 0 heterocycles. The highest BCUT2D eigenvalue weighted by molar-refractivity contribution is 5.81. The minimum absolute atomic E-state index is 0.208. The first-order valence-corrected chi connectivity index (χ1v) is 5.06. The van der Waals surface area contributed by atoms with E-state index in [2.05, 4.69) is 25.7 Å². The lowest BCUT2D eigenvalue weighted by atomic mass is 9.88. The summed E-state index contributed by atoms with van der Waals surface area (Å²) in [5.74, 6) is 0.270. The zero-order valence-corrected chi connectivity index (χ0v) is 9.85. The van der Waals surface area contributed by atoms with Crippen molar-refractivity contribution in [1.82, 2.24) is 4.90 Å². The van der Waals surface area contributed by atoms with Gasteiger partial charge in [0.05, 0.1) is 0 Å². The van der Waals surface area contributed by atoms with Gasteiger partial charge in [-0.15, -0.1) is 0 Å². The monoisotopic (exact) mass is 185 g/mol.